The molecule has 2 aliphatic heterocycles. The van der Waals surface area contributed by atoms with Crippen molar-refractivity contribution in [3.63, 3.8) is 0 Å². The van der Waals surface area contributed by atoms with Crippen molar-refractivity contribution >= 4 is 11.9 Å². The second kappa shape index (κ2) is 14.6. The smallest absolute Gasteiger partial charge is 0.220 e. The third-order valence-electron chi connectivity index (χ3n) is 6.13. The SMILES string of the molecule is CCNC(=NCCCN1CCCCCC1)NCCCCN1CCC(C(N)=O)CC1. The van der Waals surface area contributed by atoms with E-state index in [4.69, 9.17) is 10.7 Å². The van der Waals surface area contributed by atoms with Crippen LogP contribution in [-0.4, -0.2) is 80.6 Å². The number of aliphatic imine (C=N–C) groups is 1. The Morgan fingerprint density at radius 3 is 2.24 bits per heavy atom. The maximum atomic E-state index is 11.2. The molecule has 0 aliphatic carbocycles. The lowest BCUT2D eigenvalue weighted by atomic mass is 9.96. The van der Waals surface area contributed by atoms with Gasteiger partial charge in [-0.3, -0.25) is 9.79 Å². The van der Waals surface area contributed by atoms with Crippen LogP contribution in [0, 0.1) is 5.92 Å². The largest absolute Gasteiger partial charge is 0.369 e. The zero-order chi connectivity index (χ0) is 20.7. The standard InChI is InChI=1S/C22H44N6O/c1-2-24-22(26-13-9-17-27-14-6-3-4-7-15-27)25-12-5-8-16-28-18-10-20(11-19-28)21(23)29/h20H,2-19H2,1H3,(H2,23,29)(H2,24,25,26). The number of amides is 1. The molecule has 0 radical (unpaired) electrons. The Labute approximate surface area is 177 Å². The molecule has 2 saturated heterocycles. The number of carbonyl (C=O) groups excluding carboxylic acids is 1. The van der Waals surface area contributed by atoms with Crippen molar-refractivity contribution in [3.8, 4) is 0 Å². The minimum absolute atomic E-state index is 0.0890. The number of rotatable bonds is 11. The molecule has 4 N–H and O–H groups in total. The number of unbranched alkanes of at least 4 members (excludes halogenated alkanes) is 1. The summed E-state index contributed by atoms with van der Waals surface area (Å²) in [5.74, 6) is 0.910. The number of primary amides is 1. The number of nitrogens with zero attached hydrogens (tertiary/aromatic N) is 3. The Balaban J connectivity index is 1.53. The summed E-state index contributed by atoms with van der Waals surface area (Å²) in [6.45, 7) is 11.7. The summed E-state index contributed by atoms with van der Waals surface area (Å²) in [7, 11) is 0. The molecule has 2 fully saturated rings. The van der Waals surface area contributed by atoms with Gasteiger partial charge in [-0.1, -0.05) is 12.8 Å². The van der Waals surface area contributed by atoms with Crippen molar-refractivity contribution < 1.29 is 4.79 Å². The molecule has 0 aromatic carbocycles. The second-order valence-corrected chi connectivity index (χ2v) is 8.52. The van der Waals surface area contributed by atoms with Gasteiger partial charge in [0.15, 0.2) is 5.96 Å². The lowest BCUT2D eigenvalue weighted by molar-refractivity contribution is -0.123. The van der Waals surface area contributed by atoms with Crippen LogP contribution in [0.5, 0.6) is 0 Å². The summed E-state index contributed by atoms with van der Waals surface area (Å²) in [5.41, 5.74) is 5.41. The molecule has 7 nitrogen and oxygen atoms in total. The van der Waals surface area contributed by atoms with Gasteiger partial charge in [0.1, 0.15) is 0 Å². The van der Waals surface area contributed by atoms with Crippen molar-refractivity contribution in [2.75, 3.05) is 58.9 Å². The van der Waals surface area contributed by atoms with E-state index in [0.29, 0.717) is 0 Å². The van der Waals surface area contributed by atoms with Gasteiger partial charge in [-0.05, 0) is 91.1 Å². The van der Waals surface area contributed by atoms with Crippen molar-refractivity contribution in [1.82, 2.24) is 20.4 Å². The third-order valence-corrected chi connectivity index (χ3v) is 6.13. The summed E-state index contributed by atoms with van der Waals surface area (Å²) < 4.78 is 0. The number of nitrogens with two attached hydrogens (primary N) is 1. The molecule has 2 aliphatic rings. The van der Waals surface area contributed by atoms with E-state index in [-0.39, 0.29) is 11.8 Å². The molecular formula is C22H44N6O. The molecule has 2 heterocycles. The van der Waals surface area contributed by atoms with E-state index >= 15 is 0 Å². The van der Waals surface area contributed by atoms with E-state index in [9.17, 15) is 4.79 Å². The zero-order valence-corrected chi connectivity index (χ0v) is 18.6. The van der Waals surface area contributed by atoms with Crippen LogP contribution in [0.1, 0.15) is 64.7 Å². The van der Waals surface area contributed by atoms with Crippen molar-refractivity contribution in [3.05, 3.63) is 0 Å². The van der Waals surface area contributed by atoms with Crippen molar-refractivity contribution in [1.29, 1.82) is 0 Å². The molecule has 1 amide bonds. The Hall–Kier alpha value is -1.34. The minimum Gasteiger partial charge on any atom is -0.369 e. The number of carbonyl (C=O) groups is 1. The Morgan fingerprint density at radius 2 is 1.59 bits per heavy atom. The topological polar surface area (TPSA) is 86.0 Å². The molecule has 0 bridgehead atoms. The number of guanidine groups is 1. The number of nitrogens with one attached hydrogen (secondary N) is 2. The predicted octanol–water partition coefficient (Wildman–Crippen LogP) is 1.79. The van der Waals surface area contributed by atoms with Crippen LogP contribution < -0.4 is 16.4 Å². The fraction of sp³-hybridized carbons (Fsp3) is 0.909. The number of likely N-dealkylation sites (tertiary alicyclic amines) is 2. The molecule has 0 spiro atoms. The van der Waals surface area contributed by atoms with E-state index in [1.807, 2.05) is 0 Å². The summed E-state index contributed by atoms with van der Waals surface area (Å²) in [6, 6.07) is 0. The fourth-order valence-electron chi connectivity index (χ4n) is 4.29. The minimum atomic E-state index is -0.129. The van der Waals surface area contributed by atoms with Crippen molar-refractivity contribution in [2.24, 2.45) is 16.6 Å². The van der Waals surface area contributed by atoms with Crippen LogP contribution >= 0.6 is 0 Å². The van der Waals surface area contributed by atoms with Crippen LogP contribution in [0.3, 0.4) is 0 Å². The van der Waals surface area contributed by atoms with Gasteiger partial charge in [0.2, 0.25) is 5.91 Å². The summed E-state index contributed by atoms with van der Waals surface area (Å²) in [4.78, 5) is 21.1. The van der Waals surface area contributed by atoms with E-state index in [1.165, 1.54) is 51.7 Å². The first-order chi connectivity index (χ1) is 14.2. The summed E-state index contributed by atoms with van der Waals surface area (Å²) in [6.07, 6.45) is 10.8. The van der Waals surface area contributed by atoms with Gasteiger partial charge < -0.3 is 26.2 Å². The monoisotopic (exact) mass is 408 g/mol. The summed E-state index contributed by atoms with van der Waals surface area (Å²) >= 11 is 0. The number of piperidine rings is 1. The van der Waals surface area contributed by atoms with Gasteiger partial charge in [-0.15, -0.1) is 0 Å². The molecule has 0 atom stereocenters. The maximum Gasteiger partial charge on any atom is 0.220 e. The lowest BCUT2D eigenvalue weighted by Crippen LogP contribution is -2.39. The molecule has 0 aromatic rings. The first-order valence-corrected chi connectivity index (χ1v) is 11.9. The van der Waals surface area contributed by atoms with E-state index in [0.717, 1.165) is 70.9 Å². The van der Waals surface area contributed by atoms with E-state index in [2.05, 4.69) is 27.4 Å². The van der Waals surface area contributed by atoms with Crippen LogP contribution in [0.4, 0.5) is 0 Å². The first-order valence-electron chi connectivity index (χ1n) is 11.9. The highest BCUT2D eigenvalue weighted by atomic mass is 16.1. The van der Waals surface area contributed by atoms with Gasteiger partial charge >= 0.3 is 0 Å². The van der Waals surface area contributed by atoms with Crippen LogP contribution in [-0.2, 0) is 4.79 Å². The van der Waals surface area contributed by atoms with E-state index in [1.54, 1.807) is 0 Å². The van der Waals surface area contributed by atoms with Crippen LogP contribution in [0.15, 0.2) is 4.99 Å². The van der Waals surface area contributed by atoms with Gasteiger partial charge in [-0.2, -0.15) is 0 Å². The Kier molecular flexibility index (Phi) is 12.1. The quantitative estimate of drug-likeness (QED) is 0.276. The Morgan fingerprint density at radius 1 is 0.931 bits per heavy atom. The highest BCUT2D eigenvalue weighted by Gasteiger charge is 2.22. The average Bonchev–Trinajstić information content (AvgIpc) is 3.00. The van der Waals surface area contributed by atoms with Gasteiger partial charge in [-0.25, -0.2) is 0 Å². The Bertz CT molecular complexity index is 468. The maximum absolute atomic E-state index is 11.2. The molecule has 0 aromatic heterocycles. The summed E-state index contributed by atoms with van der Waals surface area (Å²) in [5, 5.41) is 6.83. The molecule has 0 saturated carbocycles. The molecule has 2 rings (SSSR count). The molecule has 7 heteroatoms. The normalized spacial score (nSPS) is 20.4. The number of hydrogen-bond acceptors (Lipinski definition) is 4. The fourth-order valence-corrected chi connectivity index (χ4v) is 4.29. The highest BCUT2D eigenvalue weighted by Crippen LogP contribution is 2.16. The van der Waals surface area contributed by atoms with Crippen LogP contribution in [0.25, 0.3) is 0 Å². The van der Waals surface area contributed by atoms with Gasteiger partial charge in [0.25, 0.3) is 0 Å². The predicted molar refractivity (Wildman–Crippen MR) is 121 cm³/mol. The van der Waals surface area contributed by atoms with Crippen molar-refractivity contribution in [2.45, 2.75) is 64.7 Å². The lowest BCUT2D eigenvalue weighted by Gasteiger charge is -2.30. The molecular weight excluding hydrogens is 364 g/mol. The average molecular weight is 409 g/mol. The van der Waals surface area contributed by atoms with Gasteiger partial charge in [0.05, 0.1) is 0 Å². The third kappa shape index (κ3) is 10.3. The second-order valence-electron chi connectivity index (χ2n) is 8.52. The zero-order valence-electron chi connectivity index (χ0n) is 18.6. The molecule has 0 unspecified atom stereocenters. The first kappa shape index (κ1) is 23.9. The highest BCUT2D eigenvalue weighted by molar-refractivity contribution is 5.79. The number of hydrogen-bond donors (Lipinski definition) is 3. The van der Waals surface area contributed by atoms with E-state index < -0.39 is 0 Å². The molecule has 29 heavy (non-hydrogen) atoms. The van der Waals surface area contributed by atoms with Crippen LogP contribution in [0.2, 0.25) is 0 Å². The van der Waals surface area contributed by atoms with Gasteiger partial charge in [0, 0.05) is 25.6 Å². The molecule has 168 valence electrons.